The fourth-order valence-corrected chi connectivity index (χ4v) is 2.08. The van der Waals surface area contributed by atoms with Crippen LogP contribution < -0.4 is 16.6 Å². The molecular formula is C12H15N7O3. The number of ether oxygens (including phenoxy) is 1. The van der Waals surface area contributed by atoms with E-state index in [1.165, 1.54) is 17.1 Å². The first-order chi connectivity index (χ1) is 10.7. The molecule has 1 aliphatic rings. The molecule has 0 aliphatic carbocycles. The Balaban J connectivity index is 1.79. The van der Waals surface area contributed by atoms with Gasteiger partial charge in [0.05, 0.1) is 31.0 Å². The number of aliphatic hydroxyl groups is 1. The summed E-state index contributed by atoms with van der Waals surface area (Å²) in [6.45, 7) is 0.208. The lowest BCUT2D eigenvalue weighted by Gasteiger charge is -2.12. The number of nitrogens with zero attached hydrogens (tertiary/aromatic N) is 4. The van der Waals surface area contributed by atoms with Crippen molar-refractivity contribution in [2.45, 2.75) is 19.1 Å². The van der Waals surface area contributed by atoms with E-state index in [2.05, 4.69) is 25.9 Å². The summed E-state index contributed by atoms with van der Waals surface area (Å²) in [4.78, 5) is 20.0. The number of carbonyl (C=O) groups excluding carboxylic acids is 1. The highest BCUT2D eigenvalue weighted by molar-refractivity contribution is 5.89. The van der Waals surface area contributed by atoms with E-state index < -0.39 is 6.10 Å². The quantitative estimate of drug-likeness (QED) is 0.523. The van der Waals surface area contributed by atoms with Gasteiger partial charge in [-0.25, -0.2) is 4.68 Å². The molecule has 10 heteroatoms. The maximum Gasteiger partial charge on any atom is 0.279 e. The first-order valence-corrected chi connectivity index (χ1v) is 6.65. The highest BCUT2D eigenvalue weighted by Gasteiger charge is 2.21. The standard InChI is InChI=1S/C12H15N7O3/c13-12-15-9(17-18-11(21)8-2-1-5-22-8)7-6-14-19(3-4-20)10(7)16-12/h1,5-6,8,20H,2-4H2,(H,18,21)(H3,13,15,16,17). The van der Waals surface area contributed by atoms with E-state index in [0.717, 1.165) is 0 Å². The van der Waals surface area contributed by atoms with Crippen molar-refractivity contribution in [3.63, 3.8) is 0 Å². The molecule has 0 fully saturated rings. The van der Waals surface area contributed by atoms with Crippen LogP contribution >= 0.6 is 0 Å². The fraction of sp³-hybridized carbons (Fsp3) is 0.333. The first-order valence-electron chi connectivity index (χ1n) is 6.65. The van der Waals surface area contributed by atoms with E-state index >= 15 is 0 Å². The zero-order valence-corrected chi connectivity index (χ0v) is 11.6. The molecule has 5 N–H and O–H groups in total. The van der Waals surface area contributed by atoms with Gasteiger partial charge in [-0.05, 0) is 6.08 Å². The van der Waals surface area contributed by atoms with Crippen molar-refractivity contribution in [1.29, 1.82) is 0 Å². The summed E-state index contributed by atoms with van der Waals surface area (Å²) >= 11 is 0. The minimum absolute atomic E-state index is 0.0303. The van der Waals surface area contributed by atoms with Crippen molar-refractivity contribution in [3.8, 4) is 0 Å². The number of hydrogen-bond donors (Lipinski definition) is 4. The van der Waals surface area contributed by atoms with Gasteiger partial charge in [0.2, 0.25) is 5.95 Å². The highest BCUT2D eigenvalue weighted by atomic mass is 16.5. The maximum absolute atomic E-state index is 11.9. The molecule has 0 saturated heterocycles. The van der Waals surface area contributed by atoms with Crippen molar-refractivity contribution in [1.82, 2.24) is 25.2 Å². The minimum atomic E-state index is -0.556. The molecule has 2 aromatic rings. The zero-order chi connectivity index (χ0) is 15.5. The molecule has 0 bridgehead atoms. The normalized spacial score (nSPS) is 16.7. The van der Waals surface area contributed by atoms with Crippen molar-refractivity contribution in [2.24, 2.45) is 0 Å². The lowest BCUT2D eigenvalue weighted by atomic mass is 10.3. The molecule has 10 nitrogen and oxygen atoms in total. The SMILES string of the molecule is Nc1nc(NNC(=O)C2CC=CO2)c2cnn(CCO)c2n1. The smallest absolute Gasteiger partial charge is 0.279 e. The molecule has 1 atom stereocenters. The van der Waals surface area contributed by atoms with Crippen LogP contribution in [0.2, 0.25) is 0 Å². The third-order valence-corrected chi connectivity index (χ3v) is 3.11. The number of aliphatic hydroxyl groups excluding tert-OH is 1. The molecule has 0 aromatic carbocycles. The number of amides is 1. The molecule has 0 radical (unpaired) electrons. The van der Waals surface area contributed by atoms with Crippen molar-refractivity contribution in [3.05, 3.63) is 18.5 Å². The second-order valence-electron chi connectivity index (χ2n) is 4.61. The Morgan fingerprint density at radius 2 is 2.41 bits per heavy atom. The summed E-state index contributed by atoms with van der Waals surface area (Å²) in [7, 11) is 0. The number of hydrazine groups is 1. The number of hydrogen-bond acceptors (Lipinski definition) is 8. The predicted octanol–water partition coefficient (Wildman–Crippen LogP) is -0.853. The Labute approximate surface area is 124 Å². The average Bonchev–Trinajstić information content (AvgIpc) is 3.15. The van der Waals surface area contributed by atoms with Crippen molar-refractivity contribution in [2.75, 3.05) is 17.8 Å². The predicted molar refractivity (Wildman–Crippen MR) is 77.2 cm³/mol. The summed E-state index contributed by atoms with van der Waals surface area (Å²) in [6.07, 6.45) is 4.75. The molecule has 1 aliphatic heterocycles. The van der Waals surface area contributed by atoms with Gasteiger partial charge < -0.3 is 15.6 Å². The lowest BCUT2D eigenvalue weighted by Crippen LogP contribution is -2.38. The van der Waals surface area contributed by atoms with Crippen LogP contribution in [0.3, 0.4) is 0 Å². The molecule has 1 unspecified atom stereocenters. The summed E-state index contributed by atoms with van der Waals surface area (Å²) in [5.74, 6) is 0.0341. The zero-order valence-electron chi connectivity index (χ0n) is 11.6. The van der Waals surface area contributed by atoms with E-state index in [1.807, 2.05) is 0 Å². The van der Waals surface area contributed by atoms with Gasteiger partial charge in [-0.15, -0.1) is 0 Å². The molecule has 0 spiro atoms. The number of nitrogens with two attached hydrogens (primary N) is 1. The van der Waals surface area contributed by atoms with Gasteiger partial charge in [-0.2, -0.15) is 15.1 Å². The number of nitrogen functional groups attached to an aromatic ring is 1. The molecule has 2 aromatic heterocycles. The highest BCUT2D eigenvalue weighted by Crippen LogP contribution is 2.20. The fourth-order valence-electron chi connectivity index (χ4n) is 2.08. The summed E-state index contributed by atoms with van der Waals surface area (Å²) in [5.41, 5.74) is 11.4. The van der Waals surface area contributed by atoms with Crippen LogP contribution in [-0.4, -0.2) is 43.5 Å². The van der Waals surface area contributed by atoms with Crippen LogP contribution in [0.4, 0.5) is 11.8 Å². The lowest BCUT2D eigenvalue weighted by molar-refractivity contribution is -0.128. The molecule has 1 amide bonds. The van der Waals surface area contributed by atoms with E-state index in [9.17, 15) is 4.79 Å². The average molecular weight is 305 g/mol. The number of aromatic nitrogens is 4. The van der Waals surface area contributed by atoms with Crippen molar-refractivity contribution < 1.29 is 14.6 Å². The summed E-state index contributed by atoms with van der Waals surface area (Å²) < 4.78 is 6.62. The number of fused-ring (bicyclic) bond motifs is 1. The molecule has 3 heterocycles. The monoisotopic (exact) mass is 305 g/mol. The van der Waals surface area contributed by atoms with Crippen molar-refractivity contribution >= 4 is 28.7 Å². The van der Waals surface area contributed by atoms with Crippen LogP contribution in [0.1, 0.15) is 6.42 Å². The molecule has 3 rings (SSSR count). The number of nitrogens with one attached hydrogen (secondary N) is 2. The van der Waals surface area contributed by atoms with Crippen LogP contribution in [0.15, 0.2) is 18.5 Å². The van der Waals surface area contributed by atoms with Gasteiger partial charge in [0.1, 0.15) is 0 Å². The molecule has 22 heavy (non-hydrogen) atoms. The second kappa shape index (κ2) is 5.85. The van der Waals surface area contributed by atoms with Gasteiger partial charge in [0.25, 0.3) is 5.91 Å². The number of anilines is 2. The third kappa shape index (κ3) is 2.63. The summed E-state index contributed by atoms with van der Waals surface area (Å²) in [6, 6.07) is 0. The second-order valence-corrected chi connectivity index (χ2v) is 4.61. The van der Waals surface area contributed by atoms with Crippen LogP contribution in [-0.2, 0) is 16.1 Å². The van der Waals surface area contributed by atoms with Crippen LogP contribution in [0, 0.1) is 0 Å². The van der Waals surface area contributed by atoms with Gasteiger partial charge in [-0.3, -0.25) is 15.6 Å². The van der Waals surface area contributed by atoms with E-state index in [1.54, 1.807) is 6.08 Å². The molecule has 116 valence electrons. The Morgan fingerprint density at radius 1 is 1.55 bits per heavy atom. The van der Waals surface area contributed by atoms with E-state index in [4.69, 9.17) is 15.6 Å². The van der Waals surface area contributed by atoms with E-state index in [0.29, 0.717) is 23.3 Å². The van der Waals surface area contributed by atoms with Crippen LogP contribution in [0.5, 0.6) is 0 Å². The Kier molecular flexibility index (Phi) is 3.74. The minimum Gasteiger partial charge on any atom is -0.488 e. The Bertz CT molecular complexity index is 719. The molecular weight excluding hydrogens is 290 g/mol. The van der Waals surface area contributed by atoms with Gasteiger partial charge in [0, 0.05) is 6.42 Å². The Morgan fingerprint density at radius 3 is 3.14 bits per heavy atom. The van der Waals surface area contributed by atoms with Gasteiger partial charge in [-0.1, -0.05) is 0 Å². The number of rotatable bonds is 5. The topological polar surface area (TPSA) is 140 Å². The van der Waals surface area contributed by atoms with E-state index in [-0.39, 0.29) is 25.0 Å². The van der Waals surface area contributed by atoms with Gasteiger partial charge in [0.15, 0.2) is 17.6 Å². The molecule has 0 saturated carbocycles. The summed E-state index contributed by atoms with van der Waals surface area (Å²) in [5, 5.41) is 13.7. The maximum atomic E-state index is 11.9. The number of carbonyl (C=O) groups is 1. The third-order valence-electron chi connectivity index (χ3n) is 3.11. The Hall–Kier alpha value is -2.88. The van der Waals surface area contributed by atoms with Gasteiger partial charge >= 0.3 is 0 Å². The first kappa shape index (κ1) is 14.1. The van der Waals surface area contributed by atoms with Crippen LogP contribution in [0.25, 0.3) is 11.0 Å². The largest absolute Gasteiger partial charge is 0.488 e.